The monoisotopic (exact) mass is 335 g/mol. The molecule has 24 heavy (non-hydrogen) atoms. The minimum absolute atomic E-state index is 0.0502. The van der Waals surface area contributed by atoms with Gasteiger partial charge in [-0.1, -0.05) is 19.8 Å². The van der Waals surface area contributed by atoms with Crippen LogP contribution in [0.5, 0.6) is 0 Å². The highest BCUT2D eigenvalue weighted by Gasteiger charge is 2.23. The topological polar surface area (TPSA) is 61.4 Å². The Morgan fingerprint density at radius 2 is 1.75 bits per heavy atom. The van der Waals surface area contributed by atoms with Gasteiger partial charge < -0.3 is 10.6 Å². The largest absolute Gasteiger partial charge is 0.352 e. The van der Waals surface area contributed by atoms with Gasteiger partial charge in [-0.05, 0) is 50.1 Å². The lowest BCUT2D eigenvalue weighted by atomic mass is 9.86. The minimum Gasteiger partial charge on any atom is -0.352 e. The van der Waals surface area contributed by atoms with Gasteiger partial charge in [0, 0.05) is 11.7 Å². The van der Waals surface area contributed by atoms with E-state index in [1.807, 2.05) is 0 Å². The number of halogens is 1. The average Bonchev–Trinajstić information content (AvgIpc) is 2.51. The fourth-order valence-electron chi connectivity index (χ4n) is 3.06. The van der Waals surface area contributed by atoms with E-state index in [-0.39, 0.29) is 36.8 Å². The van der Waals surface area contributed by atoms with E-state index in [9.17, 15) is 14.0 Å². The van der Waals surface area contributed by atoms with E-state index in [2.05, 4.69) is 17.6 Å². The summed E-state index contributed by atoms with van der Waals surface area (Å²) in [6, 6.07) is 5.83. The first kappa shape index (κ1) is 18.4. The van der Waals surface area contributed by atoms with Crippen LogP contribution in [0, 0.1) is 11.7 Å². The molecule has 0 heterocycles. The fourth-order valence-corrected chi connectivity index (χ4v) is 3.06. The molecule has 0 radical (unpaired) electrons. The summed E-state index contributed by atoms with van der Waals surface area (Å²) in [5.74, 6) is -0.123. The van der Waals surface area contributed by atoms with Gasteiger partial charge >= 0.3 is 0 Å². The van der Waals surface area contributed by atoms with Gasteiger partial charge in [-0.3, -0.25) is 14.5 Å². The first-order valence-corrected chi connectivity index (χ1v) is 8.47. The number of likely N-dealkylation sites (N-methyl/N-ethyl adjacent to an activating group) is 1. The van der Waals surface area contributed by atoms with Crippen LogP contribution >= 0.6 is 0 Å². The third kappa shape index (κ3) is 5.92. The molecule has 0 saturated heterocycles. The van der Waals surface area contributed by atoms with E-state index in [0.717, 1.165) is 19.3 Å². The highest BCUT2D eigenvalue weighted by atomic mass is 19.1. The van der Waals surface area contributed by atoms with Gasteiger partial charge in [0.15, 0.2) is 0 Å². The third-order valence-electron chi connectivity index (χ3n) is 4.41. The number of nitrogens with zero attached hydrogens (tertiary/aromatic N) is 1. The first-order chi connectivity index (χ1) is 11.4. The Hall–Kier alpha value is -1.95. The molecule has 1 saturated carbocycles. The van der Waals surface area contributed by atoms with Crippen LogP contribution in [0.1, 0.15) is 32.6 Å². The predicted octanol–water partition coefficient (Wildman–Crippen LogP) is 2.39. The number of nitrogens with one attached hydrogen (secondary N) is 2. The number of carbonyl (C=O) groups excluding carboxylic acids is 2. The van der Waals surface area contributed by atoms with Gasteiger partial charge in [0.25, 0.3) is 0 Å². The zero-order valence-electron chi connectivity index (χ0n) is 14.3. The number of anilines is 1. The summed E-state index contributed by atoms with van der Waals surface area (Å²) < 4.78 is 12.8. The van der Waals surface area contributed by atoms with Crippen LogP contribution in [-0.4, -0.2) is 42.9 Å². The van der Waals surface area contributed by atoms with Crippen molar-refractivity contribution >= 4 is 17.5 Å². The van der Waals surface area contributed by atoms with Crippen molar-refractivity contribution in [3.63, 3.8) is 0 Å². The normalized spacial score (nSPS) is 20.7. The Labute approximate surface area is 142 Å². The summed E-state index contributed by atoms with van der Waals surface area (Å²) in [4.78, 5) is 25.7. The van der Waals surface area contributed by atoms with E-state index in [4.69, 9.17) is 0 Å². The smallest absolute Gasteiger partial charge is 0.238 e. The number of hydrogen-bond acceptors (Lipinski definition) is 3. The Balaban J connectivity index is 1.73. The van der Waals surface area contributed by atoms with Crippen LogP contribution in [0.25, 0.3) is 0 Å². The zero-order valence-corrected chi connectivity index (χ0v) is 14.3. The molecule has 2 amide bonds. The number of hydrogen-bond donors (Lipinski definition) is 2. The van der Waals surface area contributed by atoms with E-state index >= 15 is 0 Å². The molecule has 2 atom stereocenters. The minimum atomic E-state index is -0.348. The van der Waals surface area contributed by atoms with Crippen molar-refractivity contribution in [1.82, 2.24) is 10.2 Å². The van der Waals surface area contributed by atoms with Crippen LogP contribution in [0.15, 0.2) is 24.3 Å². The average molecular weight is 335 g/mol. The van der Waals surface area contributed by atoms with Crippen molar-refractivity contribution < 1.29 is 14.0 Å². The summed E-state index contributed by atoms with van der Waals surface area (Å²) >= 11 is 0. The van der Waals surface area contributed by atoms with Crippen molar-refractivity contribution in [3.05, 3.63) is 30.1 Å². The van der Waals surface area contributed by atoms with E-state index in [1.54, 1.807) is 11.9 Å². The molecule has 2 N–H and O–H groups in total. The lowest BCUT2D eigenvalue weighted by molar-refractivity contribution is -0.124. The van der Waals surface area contributed by atoms with E-state index in [1.165, 1.54) is 30.7 Å². The molecule has 0 aromatic heterocycles. The molecule has 2 rings (SSSR count). The van der Waals surface area contributed by atoms with Gasteiger partial charge in [-0.15, -0.1) is 0 Å². The number of amides is 2. The second-order valence-corrected chi connectivity index (χ2v) is 6.66. The summed E-state index contributed by atoms with van der Waals surface area (Å²) in [6.07, 6.45) is 4.57. The highest BCUT2D eigenvalue weighted by Crippen LogP contribution is 2.23. The molecule has 0 unspecified atom stereocenters. The Morgan fingerprint density at radius 1 is 1.12 bits per heavy atom. The molecule has 6 heteroatoms. The maximum atomic E-state index is 12.8. The maximum Gasteiger partial charge on any atom is 0.238 e. The molecule has 0 bridgehead atoms. The molecule has 1 aliphatic rings. The first-order valence-electron chi connectivity index (χ1n) is 8.47. The Bertz CT molecular complexity index is 562. The van der Waals surface area contributed by atoms with Crippen LogP contribution in [0.3, 0.4) is 0 Å². The lowest BCUT2D eigenvalue weighted by Crippen LogP contribution is -2.46. The number of rotatable bonds is 6. The van der Waals surface area contributed by atoms with E-state index in [0.29, 0.717) is 11.6 Å². The van der Waals surface area contributed by atoms with Crippen LogP contribution in [0.4, 0.5) is 10.1 Å². The molecule has 0 spiro atoms. The highest BCUT2D eigenvalue weighted by molar-refractivity contribution is 5.92. The lowest BCUT2D eigenvalue weighted by Gasteiger charge is -2.30. The van der Waals surface area contributed by atoms with Gasteiger partial charge in [-0.25, -0.2) is 4.39 Å². The second-order valence-electron chi connectivity index (χ2n) is 6.66. The van der Waals surface area contributed by atoms with E-state index < -0.39 is 0 Å². The van der Waals surface area contributed by atoms with Crippen molar-refractivity contribution in [2.45, 2.75) is 38.6 Å². The molecule has 1 aliphatic carbocycles. The SMILES string of the molecule is C[C@H]1CCCC[C@H]1NC(=O)CN(C)CC(=O)Nc1ccc(F)cc1. The third-order valence-corrected chi connectivity index (χ3v) is 4.41. The van der Waals surface area contributed by atoms with Gasteiger partial charge in [0.2, 0.25) is 11.8 Å². The zero-order chi connectivity index (χ0) is 17.5. The summed E-state index contributed by atoms with van der Waals surface area (Å²) in [5, 5.41) is 5.76. The molecule has 132 valence electrons. The number of benzene rings is 1. The Morgan fingerprint density at radius 3 is 2.42 bits per heavy atom. The second kappa shape index (κ2) is 8.78. The maximum absolute atomic E-state index is 12.8. The molecule has 5 nitrogen and oxygen atoms in total. The molecule has 1 fully saturated rings. The Kier molecular flexibility index (Phi) is 6.73. The summed E-state index contributed by atoms with van der Waals surface area (Å²) in [5.41, 5.74) is 0.537. The molecular formula is C18H26FN3O2. The van der Waals surface area contributed by atoms with Gasteiger partial charge in [0.05, 0.1) is 13.1 Å². The quantitative estimate of drug-likeness (QED) is 0.839. The van der Waals surface area contributed by atoms with Crippen LogP contribution in [-0.2, 0) is 9.59 Å². The molecule has 1 aromatic rings. The fraction of sp³-hybridized carbons (Fsp3) is 0.556. The molecule has 0 aliphatic heterocycles. The van der Waals surface area contributed by atoms with Crippen molar-refractivity contribution in [1.29, 1.82) is 0 Å². The van der Waals surface area contributed by atoms with Crippen molar-refractivity contribution in [2.75, 3.05) is 25.5 Å². The van der Waals surface area contributed by atoms with Crippen molar-refractivity contribution in [2.24, 2.45) is 5.92 Å². The molecular weight excluding hydrogens is 309 g/mol. The molecule has 1 aromatic carbocycles. The predicted molar refractivity (Wildman–Crippen MR) is 92.1 cm³/mol. The van der Waals surface area contributed by atoms with Crippen molar-refractivity contribution in [3.8, 4) is 0 Å². The van der Waals surface area contributed by atoms with Gasteiger partial charge in [-0.2, -0.15) is 0 Å². The summed E-state index contributed by atoms with van der Waals surface area (Å²) in [7, 11) is 1.73. The number of carbonyl (C=O) groups is 2. The van der Waals surface area contributed by atoms with Gasteiger partial charge in [0.1, 0.15) is 5.82 Å². The van der Waals surface area contributed by atoms with Crippen LogP contribution < -0.4 is 10.6 Å². The summed E-state index contributed by atoms with van der Waals surface area (Å²) in [6.45, 7) is 2.45. The standard InChI is InChI=1S/C18H26FN3O2/c1-13-5-3-4-6-16(13)21-18(24)12-22(2)11-17(23)20-15-9-7-14(19)8-10-15/h7-10,13,16H,3-6,11-12H2,1-2H3,(H,20,23)(H,21,24)/t13-,16+/m0/s1. The van der Waals surface area contributed by atoms with Crippen LogP contribution in [0.2, 0.25) is 0 Å².